The third-order valence-electron chi connectivity index (χ3n) is 1.26. The topological polar surface area (TPSA) is 72.5 Å². The Morgan fingerprint density at radius 3 is 3.17 bits per heavy atom. The van der Waals surface area contributed by atoms with E-state index in [9.17, 15) is 0 Å². The highest BCUT2D eigenvalue weighted by Gasteiger charge is 1.98. The van der Waals surface area contributed by atoms with Crippen molar-refractivity contribution in [3.8, 4) is 0 Å². The predicted octanol–water partition coefficient (Wildman–Crippen LogP) is 0.372. The van der Waals surface area contributed by atoms with Gasteiger partial charge in [0.05, 0.1) is 0 Å². The first kappa shape index (κ1) is 7.17. The Morgan fingerprint density at radius 1 is 1.67 bits per heavy atom. The smallest absolute Gasteiger partial charge is 0.314 e. The van der Waals surface area contributed by atoms with Gasteiger partial charge in [-0.25, -0.2) is 14.8 Å². The van der Waals surface area contributed by atoms with E-state index >= 15 is 0 Å². The molecule has 0 bridgehead atoms. The lowest BCUT2D eigenvalue weighted by molar-refractivity contribution is 0.395. The highest BCUT2D eigenvalue weighted by molar-refractivity contribution is 7.71. The fourth-order valence-corrected chi connectivity index (χ4v) is 0.946. The molecule has 0 amide bonds. The Labute approximate surface area is 72.2 Å². The van der Waals surface area contributed by atoms with Crippen LogP contribution in [0.1, 0.15) is 5.82 Å². The summed E-state index contributed by atoms with van der Waals surface area (Å²) in [6, 6.07) is 0. The van der Waals surface area contributed by atoms with Crippen LogP contribution >= 0.6 is 12.2 Å². The molecule has 0 aliphatic rings. The summed E-state index contributed by atoms with van der Waals surface area (Å²) in [5.41, 5.74) is 0. The molecule has 0 saturated heterocycles. The van der Waals surface area contributed by atoms with Crippen LogP contribution < -0.4 is 0 Å². The molecule has 0 atom stereocenters. The van der Waals surface area contributed by atoms with Gasteiger partial charge >= 0.3 is 4.84 Å². The minimum absolute atomic E-state index is 0.199. The molecule has 2 heterocycles. The van der Waals surface area contributed by atoms with Gasteiger partial charge < -0.3 is 4.52 Å². The summed E-state index contributed by atoms with van der Waals surface area (Å²) in [6.07, 6.45) is 3.04. The molecular weight excluding hydrogens is 178 g/mol. The van der Waals surface area contributed by atoms with E-state index in [1.165, 1.54) is 6.33 Å². The monoisotopic (exact) mass is 183 g/mol. The zero-order chi connectivity index (χ0) is 8.39. The number of hydrogen-bond donors (Lipinski definition) is 1. The molecule has 6 nitrogen and oxygen atoms in total. The van der Waals surface area contributed by atoms with Gasteiger partial charge in [0.2, 0.25) is 0 Å². The average Bonchev–Trinajstić information content (AvgIpc) is 2.63. The van der Waals surface area contributed by atoms with Crippen molar-refractivity contribution in [2.24, 2.45) is 0 Å². The van der Waals surface area contributed by atoms with Gasteiger partial charge in [0.25, 0.3) is 0 Å². The highest BCUT2D eigenvalue weighted by atomic mass is 32.1. The van der Waals surface area contributed by atoms with Gasteiger partial charge in [0.15, 0.2) is 5.82 Å². The van der Waals surface area contributed by atoms with E-state index in [4.69, 9.17) is 4.52 Å². The van der Waals surface area contributed by atoms with Crippen molar-refractivity contribution in [2.45, 2.75) is 6.54 Å². The summed E-state index contributed by atoms with van der Waals surface area (Å²) in [7, 11) is 0. The van der Waals surface area contributed by atoms with E-state index in [0.29, 0.717) is 12.4 Å². The van der Waals surface area contributed by atoms with E-state index in [2.05, 4.69) is 32.4 Å². The molecule has 12 heavy (non-hydrogen) atoms. The lowest BCUT2D eigenvalue weighted by atomic mass is 10.6. The van der Waals surface area contributed by atoms with Crippen molar-refractivity contribution < 1.29 is 4.52 Å². The van der Waals surface area contributed by atoms with Crippen molar-refractivity contribution in [1.29, 1.82) is 0 Å². The van der Waals surface area contributed by atoms with Crippen LogP contribution in [0.25, 0.3) is 0 Å². The van der Waals surface area contributed by atoms with Crippen LogP contribution in [0.3, 0.4) is 0 Å². The number of aromatic nitrogens is 5. The van der Waals surface area contributed by atoms with Crippen molar-refractivity contribution in [2.75, 3.05) is 0 Å². The van der Waals surface area contributed by atoms with Crippen molar-refractivity contribution in [3.63, 3.8) is 0 Å². The Morgan fingerprint density at radius 2 is 2.58 bits per heavy atom. The first-order valence-corrected chi connectivity index (χ1v) is 3.62. The molecule has 0 fully saturated rings. The second kappa shape index (κ2) is 2.86. The highest BCUT2D eigenvalue weighted by Crippen LogP contribution is 1.93. The molecule has 0 radical (unpaired) electrons. The molecule has 1 N–H and O–H groups in total. The second-order valence-corrected chi connectivity index (χ2v) is 2.47. The maximum atomic E-state index is 4.73. The Balaban J connectivity index is 2.19. The molecule has 0 aliphatic carbocycles. The standard InChI is InChI=1S/C5H5N5OS/c12-5-8-4(9-11-5)1-10-3-6-2-7-10/h2-3H,1H2,(H,8,9,12). The molecule has 0 unspecified atom stereocenters. The number of H-pyrrole nitrogens is 1. The summed E-state index contributed by atoms with van der Waals surface area (Å²) in [5, 5.41) is 6.46. The molecule has 0 saturated carbocycles. The number of nitrogens with one attached hydrogen (secondary N) is 1. The van der Waals surface area contributed by atoms with Gasteiger partial charge in [0.1, 0.15) is 19.2 Å². The average molecular weight is 183 g/mol. The molecule has 2 aromatic rings. The molecule has 0 spiro atoms. The van der Waals surface area contributed by atoms with Crippen LogP contribution in [0.5, 0.6) is 0 Å². The largest absolute Gasteiger partial charge is 0.348 e. The van der Waals surface area contributed by atoms with E-state index < -0.39 is 0 Å². The Kier molecular flexibility index (Phi) is 1.71. The van der Waals surface area contributed by atoms with Gasteiger partial charge in [-0.3, -0.25) is 0 Å². The van der Waals surface area contributed by atoms with Crippen molar-refractivity contribution in [1.82, 2.24) is 24.9 Å². The first-order chi connectivity index (χ1) is 5.84. The molecule has 2 aromatic heterocycles. The minimum atomic E-state index is 0.199. The molecular formula is C5H5N5OS. The number of aromatic amines is 1. The fourth-order valence-electron chi connectivity index (χ4n) is 0.794. The van der Waals surface area contributed by atoms with Gasteiger partial charge in [-0.15, -0.1) is 0 Å². The maximum Gasteiger partial charge on any atom is 0.314 e. The molecule has 7 heteroatoms. The third kappa shape index (κ3) is 1.40. The molecule has 0 aliphatic heterocycles. The van der Waals surface area contributed by atoms with Crippen LogP contribution in [0.4, 0.5) is 0 Å². The summed E-state index contributed by atoms with van der Waals surface area (Å²) in [6.45, 7) is 0.486. The quantitative estimate of drug-likeness (QED) is 0.681. The maximum absolute atomic E-state index is 4.73. The van der Waals surface area contributed by atoms with E-state index in [0.717, 1.165) is 0 Å². The Bertz CT molecular complexity index is 401. The SMILES string of the molecule is S=c1nc(Cn2cncn2)[nH]o1. The first-order valence-electron chi connectivity index (χ1n) is 3.21. The lowest BCUT2D eigenvalue weighted by Gasteiger charge is -1.92. The second-order valence-electron chi connectivity index (χ2n) is 2.12. The van der Waals surface area contributed by atoms with Crippen LogP contribution in [-0.4, -0.2) is 24.9 Å². The zero-order valence-electron chi connectivity index (χ0n) is 5.97. The lowest BCUT2D eigenvalue weighted by Crippen LogP contribution is -2.01. The Hall–Kier alpha value is -1.50. The number of hydrogen-bond acceptors (Lipinski definition) is 5. The van der Waals surface area contributed by atoms with Crippen molar-refractivity contribution >= 4 is 12.2 Å². The fraction of sp³-hybridized carbons (Fsp3) is 0.200. The van der Waals surface area contributed by atoms with Gasteiger partial charge in [-0.2, -0.15) is 10.1 Å². The number of rotatable bonds is 2. The summed E-state index contributed by atoms with van der Waals surface area (Å²) in [4.78, 5) is 7.87. The molecule has 62 valence electrons. The van der Waals surface area contributed by atoms with Gasteiger partial charge in [-0.05, 0) is 12.2 Å². The zero-order valence-corrected chi connectivity index (χ0v) is 6.78. The normalized spacial score (nSPS) is 10.3. The van der Waals surface area contributed by atoms with E-state index in [1.54, 1.807) is 11.0 Å². The summed E-state index contributed by atoms with van der Waals surface area (Å²) < 4.78 is 6.34. The van der Waals surface area contributed by atoms with E-state index in [-0.39, 0.29) is 4.84 Å². The molecule has 2 rings (SSSR count). The predicted molar refractivity (Wildman–Crippen MR) is 40.8 cm³/mol. The van der Waals surface area contributed by atoms with E-state index in [1.807, 2.05) is 0 Å². The van der Waals surface area contributed by atoms with Gasteiger partial charge in [-0.1, -0.05) is 0 Å². The van der Waals surface area contributed by atoms with Gasteiger partial charge in [0, 0.05) is 0 Å². The number of nitrogens with zero attached hydrogens (tertiary/aromatic N) is 4. The minimum Gasteiger partial charge on any atom is -0.348 e. The molecule has 0 aromatic carbocycles. The summed E-state index contributed by atoms with van der Waals surface area (Å²) in [5.74, 6) is 0.630. The third-order valence-corrected chi connectivity index (χ3v) is 1.44. The van der Waals surface area contributed by atoms with Crippen LogP contribution in [0.2, 0.25) is 0 Å². The van der Waals surface area contributed by atoms with Crippen LogP contribution in [-0.2, 0) is 6.54 Å². The summed E-state index contributed by atoms with van der Waals surface area (Å²) >= 11 is 4.67. The van der Waals surface area contributed by atoms with Crippen molar-refractivity contribution in [3.05, 3.63) is 23.3 Å². The van der Waals surface area contributed by atoms with Crippen LogP contribution in [0, 0.1) is 4.84 Å². The van der Waals surface area contributed by atoms with Crippen LogP contribution in [0.15, 0.2) is 17.2 Å².